The Labute approximate surface area is 97.4 Å². The van der Waals surface area contributed by atoms with Crippen molar-refractivity contribution in [1.82, 2.24) is 10.6 Å². The van der Waals surface area contributed by atoms with Crippen molar-refractivity contribution in [2.75, 3.05) is 26.2 Å². The summed E-state index contributed by atoms with van der Waals surface area (Å²) in [5, 5.41) is 6.12. The van der Waals surface area contributed by atoms with E-state index in [-0.39, 0.29) is 5.91 Å². The van der Waals surface area contributed by atoms with Gasteiger partial charge in [0.1, 0.15) is 0 Å². The molecule has 16 heavy (non-hydrogen) atoms. The molecule has 92 valence electrons. The van der Waals surface area contributed by atoms with E-state index in [4.69, 9.17) is 4.74 Å². The van der Waals surface area contributed by atoms with Gasteiger partial charge in [-0.25, -0.2) is 0 Å². The average Bonchev–Trinajstić information content (AvgIpc) is 2.30. The van der Waals surface area contributed by atoms with Crippen LogP contribution in [0.15, 0.2) is 12.7 Å². The van der Waals surface area contributed by atoms with Gasteiger partial charge in [-0.1, -0.05) is 6.08 Å². The van der Waals surface area contributed by atoms with Crippen molar-refractivity contribution in [1.29, 1.82) is 0 Å². The number of hydrogen-bond acceptors (Lipinski definition) is 3. The van der Waals surface area contributed by atoms with Gasteiger partial charge in [0.05, 0.1) is 6.10 Å². The van der Waals surface area contributed by atoms with Crippen molar-refractivity contribution >= 4 is 5.91 Å². The largest absolute Gasteiger partial charge is 0.378 e. The Hall–Kier alpha value is -0.870. The van der Waals surface area contributed by atoms with Crippen molar-refractivity contribution in [2.45, 2.75) is 31.8 Å². The fourth-order valence-electron chi connectivity index (χ4n) is 1.72. The lowest BCUT2D eigenvalue weighted by molar-refractivity contribution is -0.120. The van der Waals surface area contributed by atoms with Gasteiger partial charge in [0, 0.05) is 19.6 Å². The number of nitrogens with one attached hydrogen (secondary N) is 2. The van der Waals surface area contributed by atoms with Crippen molar-refractivity contribution in [3.05, 3.63) is 12.7 Å². The number of ether oxygens (including phenoxy) is 1. The van der Waals surface area contributed by atoms with E-state index >= 15 is 0 Å². The lowest BCUT2D eigenvalue weighted by Crippen LogP contribution is -2.33. The van der Waals surface area contributed by atoms with E-state index < -0.39 is 0 Å². The van der Waals surface area contributed by atoms with Crippen molar-refractivity contribution in [2.24, 2.45) is 0 Å². The number of hydrogen-bond donors (Lipinski definition) is 2. The second-order valence-electron chi connectivity index (χ2n) is 4.02. The molecule has 1 aliphatic rings. The summed E-state index contributed by atoms with van der Waals surface area (Å²) in [6.07, 6.45) is 5.50. The molecule has 0 aliphatic carbocycles. The normalized spacial score (nSPS) is 17.0. The molecule has 4 heteroatoms. The zero-order chi connectivity index (χ0) is 11.6. The molecule has 0 aromatic heterocycles. The molecule has 0 atom stereocenters. The molecule has 0 spiro atoms. The lowest BCUT2D eigenvalue weighted by Gasteiger charge is -2.22. The Morgan fingerprint density at radius 1 is 1.50 bits per heavy atom. The Morgan fingerprint density at radius 2 is 2.25 bits per heavy atom. The minimum absolute atomic E-state index is 0.0388. The fourth-order valence-corrected chi connectivity index (χ4v) is 1.72. The summed E-state index contributed by atoms with van der Waals surface area (Å²) in [4.78, 5) is 11.1. The zero-order valence-electron chi connectivity index (χ0n) is 9.84. The van der Waals surface area contributed by atoms with E-state index in [1.165, 1.54) is 0 Å². The molecule has 1 fully saturated rings. The highest BCUT2D eigenvalue weighted by atomic mass is 16.5. The maximum atomic E-state index is 11.1. The minimum Gasteiger partial charge on any atom is -0.378 e. The molecular weight excluding hydrogens is 204 g/mol. The van der Waals surface area contributed by atoms with E-state index in [1.807, 2.05) is 0 Å². The third-order valence-corrected chi connectivity index (χ3v) is 2.61. The van der Waals surface area contributed by atoms with Crippen LogP contribution in [0.1, 0.15) is 25.7 Å². The maximum absolute atomic E-state index is 11.1. The third kappa shape index (κ3) is 5.88. The molecule has 1 heterocycles. The standard InChI is InChI=1S/C12H22N2O2/c1-2-4-12(15)14-7-3-10-16-11-5-8-13-9-6-11/h2,11,13H,1,3-10H2,(H,14,15). The Kier molecular flexibility index (Phi) is 6.85. The van der Waals surface area contributed by atoms with Crippen LogP contribution in [0.25, 0.3) is 0 Å². The number of carbonyl (C=O) groups excluding carboxylic acids is 1. The van der Waals surface area contributed by atoms with Gasteiger partial charge in [0.15, 0.2) is 0 Å². The van der Waals surface area contributed by atoms with Gasteiger partial charge in [0.25, 0.3) is 0 Å². The molecule has 0 aromatic carbocycles. The predicted octanol–water partition coefficient (Wildman–Crippen LogP) is 0.837. The molecule has 0 unspecified atom stereocenters. The number of piperidine rings is 1. The van der Waals surface area contributed by atoms with Crippen molar-refractivity contribution in [3.8, 4) is 0 Å². The van der Waals surface area contributed by atoms with Gasteiger partial charge in [-0.3, -0.25) is 4.79 Å². The summed E-state index contributed by atoms with van der Waals surface area (Å²) in [5.74, 6) is 0.0388. The summed E-state index contributed by atoms with van der Waals surface area (Å²) >= 11 is 0. The molecule has 0 bridgehead atoms. The van der Waals surface area contributed by atoms with Gasteiger partial charge < -0.3 is 15.4 Å². The molecule has 0 aromatic rings. The third-order valence-electron chi connectivity index (χ3n) is 2.61. The van der Waals surface area contributed by atoms with Gasteiger partial charge in [-0.2, -0.15) is 0 Å². The zero-order valence-corrected chi connectivity index (χ0v) is 9.84. The van der Waals surface area contributed by atoms with Gasteiger partial charge in [-0.05, 0) is 32.4 Å². The van der Waals surface area contributed by atoms with Crippen LogP contribution < -0.4 is 10.6 Å². The fraction of sp³-hybridized carbons (Fsp3) is 0.750. The first-order valence-electron chi connectivity index (χ1n) is 6.03. The van der Waals surface area contributed by atoms with E-state index in [9.17, 15) is 4.79 Å². The second kappa shape index (κ2) is 8.30. The first kappa shape index (κ1) is 13.2. The molecule has 1 aliphatic heterocycles. The van der Waals surface area contributed by atoms with Crippen LogP contribution in [0.4, 0.5) is 0 Å². The highest BCUT2D eigenvalue weighted by Crippen LogP contribution is 2.06. The van der Waals surface area contributed by atoms with Crippen LogP contribution in [0, 0.1) is 0 Å². The second-order valence-corrected chi connectivity index (χ2v) is 4.02. The summed E-state index contributed by atoms with van der Waals surface area (Å²) in [6, 6.07) is 0. The Morgan fingerprint density at radius 3 is 2.94 bits per heavy atom. The van der Waals surface area contributed by atoms with E-state index in [1.54, 1.807) is 6.08 Å². The number of amides is 1. The summed E-state index contributed by atoms with van der Waals surface area (Å²) in [7, 11) is 0. The van der Waals surface area contributed by atoms with Crippen LogP contribution in [0.3, 0.4) is 0 Å². The van der Waals surface area contributed by atoms with Crippen LogP contribution in [-0.4, -0.2) is 38.3 Å². The SMILES string of the molecule is C=CCC(=O)NCCCOC1CCNCC1. The van der Waals surface area contributed by atoms with E-state index in [2.05, 4.69) is 17.2 Å². The Bertz CT molecular complexity index is 213. The maximum Gasteiger partial charge on any atom is 0.223 e. The highest BCUT2D eigenvalue weighted by molar-refractivity contribution is 5.77. The van der Waals surface area contributed by atoms with Crippen LogP contribution in [0.5, 0.6) is 0 Å². The van der Waals surface area contributed by atoms with Crippen LogP contribution in [0.2, 0.25) is 0 Å². The quantitative estimate of drug-likeness (QED) is 0.499. The highest BCUT2D eigenvalue weighted by Gasteiger charge is 2.12. The number of carbonyl (C=O) groups is 1. The molecule has 2 N–H and O–H groups in total. The predicted molar refractivity (Wildman–Crippen MR) is 64.3 cm³/mol. The topological polar surface area (TPSA) is 50.4 Å². The first-order chi connectivity index (χ1) is 7.83. The molecular formula is C12H22N2O2. The lowest BCUT2D eigenvalue weighted by atomic mass is 10.1. The van der Waals surface area contributed by atoms with E-state index in [0.717, 1.165) is 39.0 Å². The summed E-state index contributed by atoms with van der Waals surface area (Å²) in [5.41, 5.74) is 0. The van der Waals surface area contributed by atoms with Crippen LogP contribution >= 0.6 is 0 Å². The van der Waals surface area contributed by atoms with Crippen molar-refractivity contribution in [3.63, 3.8) is 0 Å². The summed E-state index contributed by atoms with van der Waals surface area (Å²) < 4.78 is 5.71. The summed E-state index contributed by atoms with van der Waals surface area (Å²) in [6.45, 7) is 7.05. The molecule has 0 saturated carbocycles. The molecule has 1 rings (SSSR count). The molecule has 1 saturated heterocycles. The molecule has 0 radical (unpaired) electrons. The molecule has 4 nitrogen and oxygen atoms in total. The first-order valence-corrected chi connectivity index (χ1v) is 6.03. The Balaban J connectivity index is 1.91. The van der Waals surface area contributed by atoms with Crippen LogP contribution in [-0.2, 0) is 9.53 Å². The average molecular weight is 226 g/mol. The molecule has 1 amide bonds. The van der Waals surface area contributed by atoms with Crippen molar-refractivity contribution < 1.29 is 9.53 Å². The smallest absolute Gasteiger partial charge is 0.223 e. The number of rotatable bonds is 7. The monoisotopic (exact) mass is 226 g/mol. The minimum atomic E-state index is 0.0388. The van der Waals surface area contributed by atoms with Gasteiger partial charge in [0.2, 0.25) is 5.91 Å². The van der Waals surface area contributed by atoms with Gasteiger partial charge >= 0.3 is 0 Å². The van der Waals surface area contributed by atoms with E-state index in [0.29, 0.717) is 19.1 Å². The van der Waals surface area contributed by atoms with Gasteiger partial charge in [-0.15, -0.1) is 6.58 Å².